The van der Waals surface area contributed by atoms with Crippen LogP contribution in [0.1, 0.15) is 22.3 Å². The summed E-state index contributed by atoms with van der Waals surface area (Å²) in [5.74, 6) is 0.149. The van der Waals surface area contributed by atoms with Gasteiger partial charge in [-0.25, -0.2) is 4.79 Å². The first-order valence-corrected chi connectivity index (χ1v) is 5.59. The summed E-state index contributed by atoms with van der Waals surface area (Å²) >= 11 is 0. The second-order valence-electron chi connectivity index (χ2n) is 4.03. The highest BCUT2D eigenvalue weighted by molar-refractivity contribution is 5.97. The standard InChI is InChI=1S/C13H12N2O5/c1-3-4-10(13(17)18)14-12(16)9-6-5-8(2)11(7-9)15(19)20/h1,5-7,10H,4H2,2H3,(H,14,16)(H,17,18). The number of carboxylic acids is 1. The molecular formula is C13H12N2O5. The molecule has 1 aromatic carbocycles. The van der Waals surface area contributed by atoms with Gasteiger partial charge in [-0.3, -0.25) is 14.9 Å². The Balaban J connectivity index is 2.98. The number of nitro benzene ring substituents is 1. The van der Waals surface area contributed by atoms with E-state index in [0.717, 1.165) is 6.07 Å². The fraction of sp³-hybridized carbons (Fsp3) is 0.231. The van der Waals surface area contributed by atoms with Gasteiger partial charge in [-0.1, -0.05) is 6.07 Å². The van der Waals surface area contributed by atoms with Crippen LogP contribution in [-0.2, 0) is 4.79 Å². The SMILES string of the molecule is C#CCC(NC(=O)c1ccc(C)c([N+](=O)[O-])c1)C(=O)O. The number of carbonyl (C=O) groups excluding carboxylic acids is 1. The van der Waals surface area contributed by atoms with E-state index in [-0.39, 0.29) is 17.7 Å². The van der Waals surface area contributed by atoms with Gasteiger partial charge in [0.05, 0.1) is 4.92 Å². The topological polar surface area (TPSA) is 110 Å². The van der Waals surface area contributed by atoms with Crippen molar-refractivity contribution in [3.8, 4) is 12.3 Å². The molecule has 104 valence electrons. The number of hydrogen-bond acceptors (Lipinski definition) is 4. The van der Waals surface area contributed by atoms with Gasteiger partial charge in [0.15, 0.2) is 0 Å². The third kappa shape index (κ3) is 3.55. The van der Waals surface area contributed by atoms with Gasteiger partial charge >= 0.3 is 5.97 Å². The van der Waals surface area contributed by atoms with E-state index in [9.17, 15) is 19.7 Å². The minimum absolute atomic E-state index is 0.00516. The van der Waals surface area contributed by atoms with Crippen molar-refractivity contribution in [3.63, 3.8) is 0 Å². The van der Waals surface area contributed by atoms with Crippen LogP contribution in [0.25, 0.3) is 0 Å². The molecule has 0 spiro atoms. The quantitative estimate of drug-likeness (QED) is 0.475. The Bertz CT molecular complexity index is 603. The average Bonchev–Trinajstić information content (AvgIpc) is 2.38. The summed E-state index contributed by atoms with van der Waals surface area (Å²) < 4.78 is 0. The molecule has 7 nitrogen and oxygen atoms in total. The second-order valence-corrected chi connectivity index (χ2v) is 4.03. The number of terminal acetylenes is 1. The highest BCUT2D eigenvalue weighted by atomic mass is 16.6. The number of nitrogens with one attached hydrogen (secondary N) is 1. The van der Waals surface area contributed by atoms with Crippen molar-refractivity contribution >= 4 is 17.6 Å². The number of benzene rings is 1. The first kappa shape index (κ1) is 15.2. The van der Waals surface area contributed by atoms with Gasteiger partial charge in [-0.2, -0.15) is 0 Å². The molecule has 0 radical (unpaired) electrons. The molecular weight excluding hydrogens is 264 g/mol. The van der Waals surface area contributed by atoms with Crippen molar-refractivity contribution in [2.75, 3.05) is 0 Å². The molecule has 1 rings (SSSR count). The van der Waals surface area contributed by atoms with Crippen molar-refractivity contribution in [2.45, 2.75) is 19.4 Å². The van der Waals surface area contributed by atoms with Crippen LogP contribution in [-0.4, -0.2) is 27.9 Å². The molecule has 7 heteroatoms. The van der Waals surface area contributed by atoms with E-state index >= 15 is 0 Å². The zero-order valence-corrected chi connectivity index (χ0v) is 10.6. The number of nitrogens with zero attached hydrogens (tertiary/aromatic N) is 1. The number of carbonyl (C=O) groups is 2. The molecule has 0 heterocycles. The smallest absolute Gasteiger partial charge is 0.327 e. The second kappa shape index (κ2) is 6.33. The normalized spacial score (nSPS) is 11.2. The van der Waals surface area contributed by atoms with Crippen molar-refractivity contribution in [1.82, 2.24) is 5.32 Å². The Kier molecular flexibility index (Phi) is 4.81. The summed E-state index contributed by atoms with van der Waals surface area (Å²) in [5, 5.41) is 21.9. The van der Waals surface area contributed by atoms with Gasteiger partial charge in [0.2, 0.25) is 0 Å². The molecule has 0 aromatic heterocycles. The van der Waals surface area contributed by atoms with Crippen LogP contribution in [0.15, 0.2) is 18.2 Å². The van der Waals surface area contributed by atoms with Crippen LogP contribution in [0.3, 0.4) is 0 Å². The molecule has 0 bridgehead atoms. The third-order valence-electron chi connectivity index (χ3n) is 2.59. The maximum atomic E-state index is 11.9. The minimum atomic E-state index is -1.27. The Hall–Kier alpha value is -2.88. The lowest BCUT2D eigenvalue weighted by atomic mass is 10.1. The molecule has 0 aliphatic heterocycles. The first-order valence-electron chi connectivity index (χ1n) is 5.59. The lowest BCUT2D eigenvalue weighted by molar-refractivity contribution is -0.385. The number of carboxylic acid groups (broad SMARTS) is 1. The van der Waals surface area contributed by atoms with E-state index in [1.165, 1.54) is 19.1 Å². The van der Waals surface area contributed by atoms with Crippen LogP contribution in [0.4, 0.5) is 5.69 Å². The lowest BCUT2D eigenvalue weighted by Crippen LogP contribution is -2.40. The van der Waals surface area contributed by atoms with Gasteiger partial charge in [-0.05, 0) is 13.0 Å². The Morgan fingerprint density at radius 3 is 2.70 bits per heavy atom. The molecule has 1 aromatic rings. The molecule has 1 unspecified atom stereocenters. The average molecular weight is 276 g/mol. The van der Waals surface area contributed by atoms with E-state index in [2.05, 4.69) is 11.2 Å². The number of amides is 1. The minimum Gasteiger partial charge on any atom is -0.480 e. The third-order valence-corrected chi connectivity index (χ3v) is 2.59. The lowest BCUT2D eigenvalue weighted by Gasteiger charge is -2.11. The number of aliphatic carboxylic acids is 1. The van der Waals surface area contributed by atoms with Crippen molar-refractivity contribution in [2.24, 2.45) is 0 Å². The summed E-state index contributed by atoms with van der Waals surface area (Å²) in [4.78, 5) is 32.9. The Labute approximate surface area is 114 Å². The largest absolute Gasteiger partial charge is 0.480 e. The number of hydrogen-bond donors (Lipinski definition) is 2. The monoisotopic (exact) mass is 276 g/mol. The van der Waals surface area contributed by atoms with E-state index in [4.69, 9.17) is 11.5 Å². The van der Waals surface area contributed by atoms with Gasteiger partial charge in [0.1, 0.15) is 6.04 Å². The van der Waals surface area contributed by atoms with E-state index in [1.807, 2.05) is 0 Å². The molecule has 1 amide bonds. The predicted octanol–water partition coefficient (Wildman–Crippen LogP) is 1.11. The van der Waals surface area contributed by atoms with E-state index < -0.39 is 22.8 Å². The maximum absolute atomic E-state index is 11.9. The Morgan fingerprint density at radius 1 is 1.55 bits per heavy atom. The summed E-state index contributed by atoms with van der Waals surface area (Å²) in [5.41, 5.74) is 0.206. The predicted molar refractivity (Wildman–Crippen MR) is 70.2 cm³/mol. The molecule has 0 fully saturated rings. The van der Waals surface area contributed by atoms with Gasteiger partial charge in [0, 0.05) is 23.6 Å². The molecule has 0 aliphatic carbocycles. The summed E-state index contributed by atoms with van der Waals surface area (Å²) in [6.07, 6.45) is 4.84. The molecule has 0 aliphatic rings. The van der Waals surface area contributed by atoms with Crippen LogP contribution < -0.4 is 5.32 Å². The zero-order valence-electron chi connectivity index (χ0n) is 10.6. The summed E-state index contributed by atoms with van der Waals surface area (Å²) in [6.45, 7) is 1.54. The van der Waals surface area contributed by atoms with Crippen LogP contribution in [0.5, 0.6) is 0 Å². The number of rotatable bonds is 5. The van der Waals surface area contributed by atoms with Gasteiger partial charge in [-0.15, -0.1) is 12.3 Å². The van der Waals surface area contributed by atoms with Gasteiger partial charge in [0.25, 0.3) is 11.6 Å². The molecule has 20 heavy (non-hydrogen) atoms. The fourth-order valence-electron chi connectivity index (χ4n) is 1.51. The molecule has 1 atom stereocenters. The van der Waals surface area contributed by atoms with Crippen molar-refractivity contribution < 1.29 is 19.6 Å². The van der Waals surface area contributed by atoms with Gasteiger partial charge < -0.3 is 10.4 Å². The van der Waals surface area contributed by atoms with E-state index in [0.29, 0.717) is 5.56 Å². The van der Waals surface area contributed by atoms with Crippen molar-refractivity contribution in [1.29, 1.82) is 0 Å². The Morgan fingerprint density at radius 2 is 2.20 bits per heavy atom. The van der Waals surface area contributed by atoms with Crippen LogP contribution >= 0.6 is 0 Å². The zero-order chi connectivity index (χ0) is 15.3. The summed E-state index contributed by atoms with van der Waals surface area (Å²) in [7, 11) is 0. The van der Waals surface area contributed by atoms with E-state index in [1.54, 1.807) is 0 Å². The highest BCUT2D eigenvalue weighted by Crippen LogP contribution is 2.19. The number of aryl methyl sites for hydroxylation is 1. The molecule has 0 saturated heterocycles. The summed E-state index contributed by atoms with van der Waals surface area (Å²) in [6, 6.07) is 2.67. The first-order chi connectivity index (χ1) is 9.36. The molecule has 2 N–H and O–H groups in total. The maximum Gasteiger partial charge on any atom is 0.327 e. The highest BCUT2D eigenvalue weighted by Gasteiger charge is 2.21. The van der Waals surface area contributed by atoms with Crippen molar-refractivity contribution in [3.05, 3.63) is 39.4 Å². The van der Waals surface area contributed by atoms with Crippen LogP contribution in [0.2, 0.25) is 0 Å². The number of nitro groups is 1. The fourth-order valence-corrected chi connectivity index (χ4v) is 1.51. The molecule has 0 saturated carbocycles. The van der Waals surface area contributed by atoms with Crippen LogP contribution in [0, 0.1) is 29.4 Å².